The van der Waals surface area contributed by atoms with Gasteiger partial charge in [0, 0.05) is 29.9 Å². The lowest BCUT2D eigenvalue weighted by atomic mass is 10.1. The van der Waals surface area contributed by atoms with Crippen LogP contribution in [-0.2, 0) is 11.3 Å². The second-order valence-corrected chi connectivity index (χ2v) is 6.31. The molecule has 0 saturated carbocycles. The number of halogens is 1. The number of hydrogen-bond acceptors (Lipinski definition) is 4. The maximum absolute atomic E-state index is 13.3. The summed E-state index contributed by atoms with van der Waals surface area (Å²) >= 11 is 1.53. The monoisotopic (exact) mass is 320 g/mol. The molecule has 0 spiro atoms. The van der Waals surface area contributed by atoms with Crippen LogP contribution in [0.2, 0.25) is 0 Å². The van der Waals surface area contributed by atoms with E-state index in [-0.39, 0.29) is 11.9 Å². The minimum Gasteiger partial charge on any atom is -0.371 e. The van der Waals surface area contributed by atoms with Crippen molar-refractivity contribution in [3.8, 4) is 0 Å². The van der Waals surface area contributed by atoms with E-state index in [1.54, 1.807) is 11.4 Å². The Hall–Kier alpha value is -1.76. The molecule has 1 amide bonds. The van der Waals surface area contributed by atoms with E-state index in [0.29, 0.717) is 18.7 Å². The third-order valence-electron chi connectivity index (χ3n) is 3.69. The summed E-state index contributed by atoms with van der Waals surface area (Å²) in [7, 11) is 0. The van der Waals surface area contributed by atoms with E-state index >= 15 is 0 Å². The van der Waals surface area contributed by atoms with Crippen molar-refractivity contribution >= 4 is 17.2 Å². The first-order valence-corrected chi connectivity index (χ1v) is 7.96. The first-order valence-electron chi connectivity index (χ1n) is 7.08. The standard InChI is InChI=1S/C16H17FN2O2S/c17-13-3-1-2-11(6-13)15-9-19(4-5-21-15)8-14-7-12(10-22-14)16(18)20/h1-3,6-7,10,15H,4-5,8-9H2,(H2,18,20)/t15-/m0/s1. The summed E-state index contributed by atoms with van der Waals surface area (Å²) in [6.07, 6.45) is -0.125. The van der Waals surface area contributed by atoms with Gasteiger partial charge in [0.15, 0.2) is 0 Å². The van der Waals surface area contributed by atoms with Crippen LogP contribution in [0.4, 0.5) is 4.39 Å². The van der Waals surface area contributed by atoms with Gasteiger partial charge in [0.1, 0.15) is 5.82 Å². The molecule has 1 atom stereocenters. The van der Waals surface area contributed by atoms with Crippen LogP contribution in [0.25, 0.3) is 0 Å². The van der Waals surface area contributed by atoms with Gasteiger partial charge < -0.3 is 10.5 Å². The number of carbonyl (C=O) groups is 1. The van der Waals surface area contributed by atoms with E-state index in [9.17, 15) is 9.18 Å². The molecule has 1 saturated heterocycles. The van der Waals surface area contributed by atoms with Crippen molar-refractivity contribution in [3.05, 3.63) is 57.5 Å². The molecule has 4 nitrogen and oxygen atoms in total. The van der Waals surface area contributed by atoms with Crippen LogP contribution in [0.5, 0.6) is 0 Å². The number of nitrogens with zero attached hydrogens (tertiary/aromatic N) is 1. The Morgan fingerprint density at radius 2 is 2.32 bits per heavy atom. The van der Waals surface area contributed by atoms with Crippen molar-refractivity contribution < 1.29 is 13.9 Å². The Bertz CT molecular complexity index is 674. The van der Waals surface area contributed by atoms with Crippen molar-refractivity contribution in [1.29, 1.82) is 0 Å². The van der Waals surface area contributed by atoms with Crippen LogP contribution in [0.15, 0.2) is 35.7 Å². The molecular formula is C16H17FN2O2S. The third kappa shape index (κ3) is 3.52. The van der Waals surface area contributed by atoms with Gasteiger partial charge in [0.05, 0.1) is 18.3 Å². The average molecular weight is 320 g/mol. The molecule has 2 aromatic rings. The van der Waals surface area contributed by atoms with E-state index in [2.05, 4.69) is 4.90 Å². The summed E-state index contributed by atoms with van der Waals surface area (Å²) in [5.41, 5.74) is 6.68. The van der Waals surface area contributed by atoms with Gasteiger partial charge in [-0.2, -0.15) is 0 Å². The highest BCUT2D eigenvalue weighted by molar-refractivity contribution is 7.10. The van der Waals surface area contributed by atoms with Gasteiger partial charge in [-0.25, -0.2) is 4.39 Å². The van der Waals surface area contributed by atoms with Gasteiger partial charge in [-0.05, 0) is 23.8 Å². The molecule has 3 rings (SSSR count). The van der Waals surface area contributed by atoms with Gasteiger partial charge >= 0.3 is 0 Å². The zero-order chi connectivity index (χ0) is 15.5. The average Bonchev–Trinajstić information content (AvgIpc) is 2.96. The van der Waals surface area contributed by atoms with Crippen molar-refractivity contribution in [2.45, 2.75) is 12.6 Å². The van der Waals surface area contributed by atoms with Crippen LogP contribution in [0.3, 0.4) is 0 Å². The maximum Gasteiger partial charge on any atom is 0.249 e. The summed E-state index contributed by atoms with van der Waals surface area (Å²) in [6.45, 7) is 2.87. The van der Waals surface area contributed by atoms with E-state index in [0.717, 1.165) is 23.5 Å². The maximum atomic E-state index is 13.3. The molecule has 6 heteroatoms. The Labute approximate surface area is 132 Å². The predicted octanol–water partition coefficient (Wildman–Crippen LogP) is 2.56. The Morgan fingerprint density at radius 3 is 3.05 bits per heavy atom. The minimum absolute atomic E-state index is 0.125. The van der Waals surface area contributed by atoms with Gasteiger partial charge in [-0.1, -0.05) is 12.1 Å². The number of ether oxygens (including phenoxy) is 1. The Morgan fingerprint density at radius 1 is 1.45 bits per heavy atom. The first kappa shape index (κ1) is 15.1. The molecule has 1 aliphatic rings. The molecule has 0 radical (unpaired) electrons. The lowest BCUT2D eigenvalue weighted by Gasteiger charge is -2.32. The second-order valence-electron chi connectivity index (χ2n) is 5.32. The number of nitrogens with two attached hydrogens (primary N) is 1. The molecule has 0 unspecified atom stereocenters. The minimum atomic E-state index is -0.401. The van der Waals surface area contributed by atoms with E-state index in [1.165, 1.54) is 23.5 Å². The van der Waals surface area contributed by atoms with Gasteiger partial charge in [0.2, 0.25) is 5.91 Å². The smallest absolute Gasteiger partial charge is 0.249 e. The number of rotatable bonds is 4. The fourth-order valence-corrected chi connectivity index (χ4v) is 3.48. The highest BCUT2D eigenvalue weighted by Gasteiger charge is 2.22. The van der Waals surface area contributed by atoms with E-state index in [1.807, 2.05) is 12.1 Å². The highest BCUT2D eigenvalue weighted by Crippen LogP contribution is 2.25. The quantitative estimate of drug-likeness (QED) is 0.942. The Kier molecular flexibility index (Phi) is 4.52. The van der Waals surface area contributed by atoms with Crippen LogP contribution in [-0.4, -0.2) is 30.5 Å². The molecule has 1 fully saturated rings. The number of amides is 1. The molecule has 2 heterocycles. The molecule has 2 N–H and O–H groups in total. The molecule has 1 aliphatic heterocycles. The van der Waals surface area contributed by atoms with E-state index < -0.39 is 5.91 Å². The summed E-state index contributed by atoms with van der Waals surface area (Å²) in [6, 6.07) is 8.37. The van der Waals surface area contributed by atoms with Gasteiger partial charge in [0.25, 0.3) is 0 Å². The van der Waals surface area contributed by atoms with Gasteiger partial charge in [-0.3, -0.25) is 9.69 Å². The third-order valence-corrected chi connectivity index (χ3v) is 4.61. The second kappa shape index (κ2) is 6.56. The number of primary amides is 1. The zero-order valence-electron chi connectivity index (χ0n) is 12.0. The topological polar surface area (TPSA) is 55.6 Å². The SMILES string of the molecule is NC(=O)c1csc(CN2CCO[C@H](c3cccc(F)c3)C2)c1. The fourth-order valence-electron chi connectivity index (χ4n) is 2.57. The van der Waals surface area contributed by atoms with Crippen LogP contribution < -0.4 is 5.73 Å². The lowest BCUT2D eigenvalue weighted by Crippen LogP contribution is -2.37. The molecule has 0 bridgehead atoms. The van der Waals surface area contributed by atoms with Crippen LogP contribution >= 0.6 is 11.3 Å². The summed E-state index contributed by atoms with van der Waals surface area (Å²) in [5.74, 6) is -0.648. The van der Waals surface area contributed by atoms with Crippen LogP contribution in [0.1, 0.15) is 26.9 Å². The molecule has 116 valence electrons. The molecule has 1 aromatic carbocycles. The summed E-state index contributed by atoms with van der Waals surface area (Å²) < 4.78 is 19.1. The number of morpholine rings is 1. The lowest BCUT2D eigenvalue weighted by molar-refractivity contribution is -0.0327. The zero-order valence-corrected chi connectivity index (χ0v) is 12.8. The molecule has 0 aliphatic carbocycles. The van der Waals surface area contributed by atoms with Crippen molar-refractivity contribution in [3.63, 3.8) is 0 Å². The van der Waals surface area contributed by atoms with Crippen molar-refractivity contribution in [1.82, 2.24) is 4.90 Å². The van der Waals surface area contributed by atoms with E-state index in [4.69, 9.17) is 10.5 Å². The number of hydrogen-bond donors (Lipinski definition) is 1. The first-order chi connectivity index (χ1) is 10.6. The largest absolute Gasteiger partial charge is 0.371 e. The number of carbonyl (C=O) groups excluding carboxylic acids is 1. The molecule has 1 aromatic heterocycles. The van der Waals surface area contributed by atoms with Crippen molar-refractivity contribution in [2.75, 3.05) is 19.7 Å². The molecule has 22 heavy (non-hydrogen) atoms. The Balaban J connectivity index is 1.66. The molecular weight excluding hydrogens is 303 g/mol. The fraction of sp³-hybridized carbons (Fsp3) is 0.312. The normalized spacial score (nSPS) is 19.2. The predicted molar refractivity (Wildman–Crippen MR) is 83.2 cm³/mol. The highest BCUT2D eigenvalue weighted by atomic mass is 32.1. The van der Waals surface area contributed by atoms with Crippen LogP contribution in [0, 0.1) is 5.82 Å². The number of benzene rings is 1. The van der Waals surface area contributed by atoms with Gasteiger partial charge in [-0.15, -0.1) is 11.3 Å². The number of thiophene rings is 1. The van der Waals surface area contributed by atoms with Crippen molar-refractivity contribution in [2.24, 2.45) is 5.73 Å². The summed E-state index contributed by atoms with van der Waals surface area (Å²) in [4.78, 5) is 14.5. The summed E-state index contributed by atoms with van der Waals surface area (Å²) in [5, 5.41) is 1.78.